The van der Waals surface area contributed by atoms with E-state index in [1.807, 2.05) is 22.6 Å². The van der Waals surface area contributed by atoms with Crippen molar-refractivity contribution in [1.29, 1.82) is 0 Å². The van der Waals surface area contributed by atoms with E-state index in [-0.39, 0.29) is 5.97 Å². The van der Waals surface area contributed by atoms with Crippen LogP contribution in [0.15, 0.2) is 0 Å². The van der Waals surface area contributed by atoms with Gasteiger partial charge in [-0.1, -0.05) is 22.6 Å². The Kier molecular flexibility index (Phi) is 3.15. The van der Waals surface area contributed by atoms with Gasteiger partial charge in [0.05, 0.1) is 6.61 Å². The summed E-state index contributed by atoms with van der Waals surface area (Å²) in [5.41, 5.74) is 0. The molecule has 5 heteroatoms. The summed E-state index contributed by atoms with van der Waals surface area (Å²) < 4.78 is 9.03. The second-order valence-electron chi connectivity index (χ2n) is 3.32. The van der Waals surface area contributed by atoms with Crippen molar-refractivity contribution in [3.05, 3.63) is 0 Å². The van der Waals surface area contributed by atoms with Crippen LogP contribution in [0.4, 0.5) is 0 Å². The standard InChI is InChI=1S/C8H11IO4/c1-8(2,9)7(11)13-5-3-4-12-6(5)10/h5H,3-4H2,1-2H3. The Balaban J connectivity index is 2.49. The molecule has 0 N–H and O–H groups in total. The van der Waals surface area contributed by atoms with Crippen molar-refractivity contribution >= 4 is 34.5 Å². The molecule has 0 aromatic heterocycles. The molecular formula is C8H11IO4. The number of carbonyl (C=O) groups is 2. The molecule has 1 unspecified atom stereocenters. The maximum Gasteiger partial charge on any atom is 0.347 e. The van der Waals surface area contributed by atoms with Gasteiger partial charge in [-0.05, 0) is 13.8 Å². The maximum absolute atomic E-state index is 11.3. The van der Waals surface area contributed by atoms with Crippen molar-refractivity contribution in [3.63, 3.8) is 0 Å². The molecule has 0 amide bonds. The Hall–Kier alpha value is -0.330. The lowest BCUT2D eigenvalue weighted by atomic mass is 10.2. The van der Waals surface area contributed by atoms with Gasteiger partial charge in [-0.25, -0.2) is 4.79 Å². The van der Waals surface area contributed by atoms with E-state index in [1.165, 1.54) is 0 Å². The minimum absolute atomic E-state index is 0.346. The molecule has 0 aliphatic carbocycles. The SMILES string of the molecule is CC(C)(I)C(=O)OC1CCOC1=O. The summed E-state index contributed by atoms with van der Waals surface area (Å²) in [4.78, 5) is 22.3. The van der Waals surface area contributed by atoms with Gasteiger partial charge in [-0.2, -0.15) is 0 Å². The minimum atomic E-state index is -0.693. The molecule has 0 aromatic carbocycles. The summed E-state index contributed by atoms with van der Waals surface area (Å²) >= 11 is 1.97. The number of esters is 2. The molecule has 1 aliphatic heterocycles. The van der Waals surface area contributed by atoms with E-state index in [9.17, 15) is 9.59 Å². The molecule has 0 radical (unpaired) electrons. The third kappa shape index (κ3) is 2.82. The van der Waals surface area contributed by atoms with E-state index in [0.29, 0.717) is 13.0 Å². The van der Waals surface area contributed by atoms with Crippen LogP contribution in [0.25, 0.3) is 0 Å². The summed E-state index contributed by atoms with van der Waals surface area (Å²) in [6.45, 7) is 3.81. The van der Waals surface area contributed by atoms with Crippen LogP contribution in [0.3, 0.4) is 0 Å². The van der Waals surface area contributed by atoms with Gasteiger partial charge in [0, 0.05) is 6.42 Å². The maximum atomic E-state index is 11.3. The highest BCUT2D eigenvalue weighted by molar-refractivity contribution is 14.1. The van der Waals surface area contributed by atoms with Crippen LogP contribution in [0, 0.1) is 0 Å². The van der Waals surface area contributed by atoms with Crippen LogP contribution in [0.2, 0.25) is 0 Å². The van der Waals surface area contributed by atoms with E-state index < -0.39 is 15.5 Å². The van der Waals surface area contributed by atoms with Crippen LogP contribution >= 0.6 is 22.6 Å². The summed E-state index contributed by atoms with van der Waals surface area (Å²) in [6.07, 6.45) is -0.223. The normalized spacial score (nSPS) is 22.7. The van der Waals surface area contributed by atoms with Crippen molar-refractivity contribution < 1.29 is 19.1 Å². The largest absolute Gasteiger partial charge is 0.463 e. The van der Waals surface area contributed by atoms with Crippen LogP contribution in [-0.4, -0.2) is 28.1 Å². The lowest BCUT2D eigenvalue weighted by Crippen LogP contribution is -2.32. The van der Waals surface area contributed by atoms with E-state index in [0.717, 1.165) is 0 Å². The zero-order valence-corrected chi connectivity index (χ0v) is 9.66. The van der Waals surface area contributed by atoms with Crippen molar-refractivity contribution in [2.75, 3.05) is 6.61 Å². The number of carbonyl (C=O) groups excluding carboxylic acids is 2. The molecule has 1 fully saturated rings. The topological polar surface area (TPSA) is 52.6 Å². The van der Waals surface area contributed by atoms with E-state index in [2.05, 4.69) is 4.74 Å². The van der Waals surface area contributed by atoms with Gasteiger partial charge < -0.3 is 9.47 Å². The van der Waals surface area contributed by atoms with Gasteiger partial charge >= 0.3 is 11.9 Å². The Morgan fingerprint density at radius 2 is 2.31 bits per heavy atom. The predicted molar refractivity (Wildman–Crippen MR) is 53.6 cm³/mol. The zero-order chi connectivity index (χ0) is 10.1. The number of hydrogen-bond acceptors (Lipinski definition) is 4. The second kappa shape index (κ2) is 3.81. The molecule has 0 bridgehead atoms. The smallest absolute Gasteiger partial charge is 0.347 e. The molecule has 0 aromatic rings. The fraction of sp³-hybridized carbons (Fsp3) is 0.750. The second-order valence-corrected chi connectivity index (χ2v) is 6.02. The van der Waals surface area contributed by atoms with Gasteiger partial charge in [0.15, 0.2) is 0 Å². The molecule has 1 saturated heterocycles. The number of rotatable bonds is 2. The predicted octanol–water partition coefficient (Wildman–Crippen LogP) is 1.06. The Morgan fingerprint density at radius 1 is 1.69 bits per heavy atom. The molecule has 13 heavy (non-hydrogen) atoms. The zero-order valence-electron chi connectivity index (χ0n) is 7.50. The van der Waals surface area contributed by atoms with Crippen molar-refractivity contribution in [2.24, 2.45) is 0 Å². The third-order valence-electron chi connectivity index (χ3n) is 1.62. The van der Waals surface area contributed by atoms with Gasteiger partial charge in [-0.15, -0.1) is 0 Å². The highest BCUT2D eigenvalue weighted by Crippen LogP contribution is 2.21. The van der Waals surface area contributed by atoms with Gasteiger partial charge in [0.1, 0.15) is 3.42 Å². The first kappa shape index (κ1) is 10.7. The number of cyclic esters (lactones) is 1. The summed E-state index contributed by atoms with van der Waals surface area (Å²) in [7, 11) is 0. The number of halogens is 1. The fourth-order valence-corrected chi connectivity index (χ4v) is 0.981. The number of hydrogen-bond donors (Lipinski definition) is 0. The molecule has 74 valence electrons. The fourth-order valence-electron chi connectivity index (χ4n) is 0.854. The van der Waals surface area contributed by atoms with Crippen LogP contribution in [-0.2, 0) is 19.1 Å². The van der Waals surface area contributed by atoms with Crippen molar-refractivity contribution in [3.8, 4) is 0 Å². The molecular weight excluding hydrogens is 287 g/mol. The monoisotopic (exact) mass is 298 g/mol. The van der Waals surface area contributed by atoms with Gasteiger partial charge in [0.2, 0.25) is 6.10 Å². The van der Waals surface area contributed by atoms with E-state index >= 15 is 0 Å². The summed E-state index contributed by atoms with van der Waals surface area (Å²) in [6, 6.07) is 0. The summed E-state index contributed by atoms with van der Waals surface area (Å²) in [5.74, 6) is -0.814. The first-order chi connectivity index (χ1) is 5.91. The summed E-state index contributed by atoms with van der Waals surface area (Å²) in [5, 5.41) is 0. The molecule has 1 heterocycles. The average Bonchev–Trinajstić information content (AvgIpc) is 2.34. The Bertz CT molecular complexity index is 231. The highest BCUT2D eigenvalue weighted by Gasteiger charge is 2.34. The minimum Gasteiger partial charge on any atom is -0.463 e. The lowest BCUT2D eigenvalue weighted by Gasteiger charge is -2.16. The molecule has 1 rings (SSSR count). The molecule has 1 aliphatic rings. The highest BCUT2D eigenvalue weighted by atomic mass is 127. The lowest BCUT2D eigenvalue weighted by molar-refractivity contribution is -0.161. The Labute approximate surface area is 90.1 Å². The van der Waals surface area contributed by atoms with Crippen LogP contribution in [0.5, 0.6) is 0 Å². The quantitative estimate of drug-likeness (QED) is 0.434. The van der Waals surface area contributed by atoms with Crippen molar-refractivity contribution in [1.82, 2.24) is 0 Å². The molecule has 0 saturated carbocycles. The average molecular weight is 298 g/mol. The molecule has 1 atom stereocenters. The third-order valence-corrected chi connectivity index (χ3v) is 2.06. The molecule has 0 spiro atoms. The van der Waals surface area contributed by atoms with E-state index in [1.54, 1.807) is 13.8 Å². The Morgan fingerprint density at radius 3 is 2.69 bits per heavy atom. The van der Waals surface area contributed by atoms with E-state index in [4.69, 9.17) is 4.74 Å². The van der Waals surface area contributed by atoms with Crippen LogP contribution < -0.4 is 0 Å². The molecule has 4 nitrogen and oxygen atoms in total. The number of alkyl halides is 1. The van der Waals surface area contributed by atoms with Gasteiger partial charge in [0.25, 0.3) is 0 Å². The van der Waals surface area contributed by atoms with Crippen LogP contribution in [0.1, 0.15) is 20.3 Å². The van der Waals surface area contributed by atoms with Crippen molar-refractivity contribution in [2.45, 2.75) is 29.8 Å². The first-order valence-corrected chi connectivity index (χ1v) is 5.06. The van der Waals surface area contributed by atoms with Gasteiger partial charge in [-0.3, -0.25) is 4.79 Å². The first-order valence-electron chi connectivity index (χ1n) is 3.98. The number of ether oxygens (including phenoxy) is 2.